The van der Waals surface area contributed by atoms with Crippen LogP contribution in [0.2, 0.25) is 0 Å². The van der Waals surface area contributed by atoms with E-state index in [0.717, 1.165) is 6.42 Å². The van der Waals surface area contributed by atoms with Crippen LogP contribution in [-0.4, -0.2) is 39.8 Å². The SMILES string of the molecule is COc1cc(NC(=O)Nc2ccc(OC)c(N3CCCC3=O)c2)cc(OC)c1. The summed E-state index contributed by atoms with van der Waals surface area (Å²) in [7, 11) is 4.63. The number of rotatable bonds is 6. The van der Waals surface area contributed by atoms with Gasteiger partial charge in [-0.05, 0) is 24.6 Å². The monoisotopic (exact) mass is 385 g/mol. The topological polar surface area (TPSA) is 89.1 Å². The van der Waals surface area contributed by atoms with Crippen LogP contribution in [-0.2, 0) is 4.79 Å². The van der Waals surface area contributed by atoms with Crippen LogP contribution in [0.5, 0.6) is 17.2 Å². The van der Waals surface area contributed by atoms with Crippen molar-refractivity contribution in [1.82, 2.24) is 0 Å². The van der Waals surface area contributed by atoms with Crippen molar-refractivity contribution in [2.24, 2.45) is 0 Å². The van der Waals surface area contributed by atoms with E-state index in [4.69, 9.17) is 14.2 Å². The van der Waals surface area contributed by atoms with Gasteiger partial charge in [0.05, 0.1) is 27.0 Å². The Balaban J connectivity index is 1.76. The van der Waals surface area contributed by atoms with E-state index in [1.807, 2.05) is 0 Å². The van der Waals surface area contributed by atoms with Crippen LogP contribution in [0.15, 0.2) is 36.4 Å². The molecule has 0 radical (unpaired) electrons. The van der Waals surface area contributed by atoms with Crippen molar-refractivity contribution in [2.75, 3.05) is 43.4 Å². The minimum Gasteiger partial charge on any atom is -0.497 e. The molecule has 2 aromatic carbocycles. The van der Waals surface area contributed by atoms with E-state index in [-0.39, 0.29) is 5.91 Å². The van der Waals surface area contributed by atoms with Gasteiger partial charge in [0.25, 0.3) is 0 Å². The molecule has 28 heavy (non-hydrogen) atoms. The molecule has 1 heterocycles. The van der Waals surface area contributed by atoms with Gasteiger partial charge >= 0.3 is 6.03 Å². The molecule has 3 amide bonds. The molecule has 2 aromatic rings. The van der Waals surface area contributed by atoms with Crippen molar-refractivity contribution in [3.8, 4) is 17.2 Å². The van der Waals surface area contributed by atoms with Gasteiger partial charge in [-0.1, -0.05) is 0 Å². The first-order chi connectivity index (χ1) is 13.5. The third-order valence-electron chi connectivity index (χ3n) is 4.41. The van der Waals surface area contributed by atoms with Crippen LogP contribution >= 0.6 is 0 Å². The number of amides is 3. The van der Waals surface area contributed by atoms with Gasteiger partial charge in [-0.3, -0.25) is 4.79 Å². The first kappa shape index (κ1) is 19.3. The number of carbonyl (C=O) groups excluding carboxylic acids is 2. The average Bonchev–Trinajstić information content (AvgIpc) is 3.13. The van der Waals surface area contributed by atoms with E-state index < -0.39 is 6.03 Å². The second kappa shape index (κ2) is 8.51. The molecule has 1 fully saturated rings. The van der Waals surface area contributed by atoms with Crippen molar-refractivity contribution in [2.45, 2.75) is 12.8 Å². The van der Waals surface area contributed by atoms with E-state index in [9.17, 15) is 9.59 Å². The summed E-state index contributed by atoms with van der Waals surface area (Å²) in [5, 5.41) is 5.51. The van der Waals surface area contributed by atoms with Crippen LogP contribution < -0.4 is 29.7 Å². The largest absolute Gasteiger partial charge is 0.497 e. The average molecular weight is 385 g/mol. The van der Waals surface area contributed by atoms with Crippen LogP contribution in [0.4, 0.5) is 21.9 Å². The predicted octanol–water partition coefficient (Wildman–Crippen LogP) is 3.48. The Labute approximate surface area is 163 Å². The highest BCUT2D eigenvalue weighted by Crippen LogP contribution is 2.34. The highest BCUT2D eigenvalue weighted by molar-refractivity contribution is 6.02. The zero-order chi connectivity index (χ0) is 20.1. The van der Waals surface area contributed by atoms with Crippen molar-refractivity contribution in [3.63, 3.8) is 0 Å². The number of anilines is 3. The van der Waals surface area contributed by atoms with Gasteiger partial charge in [0.1, 0.15) is 17.2 Å². The van der Waals surface area contributed by atoms with Gasteiger partial charge in [0.15, 0.2) is 0 Å². The first-order valence-electron chi connectivity index (χ1n) is 8.83. The number of urea groups is 1. The Morgan fingerprint density at radius 2 is 1.61 bits per heavy atom. The maximum Gasteiger partial charge on any atom is 0.323 e. The lowest BCUT2D eigenvalue weighted by Gasteiger charge is -2.20. The number of methoxy groups -OCH3 is 3. The molecule has 8 heteroatoms. The third kappa shape index (κ3) is 4.28. The minimum absolute atomic E-state index is 0.0448. The van der Waals surface area contributed by atoms with Crippen molar-refractivity contribution >= 4 is 29.0 Å². The molecule has 0 spiro atoms. The number of benzene rings is 2. The highest BCUT2D eigenvalue weighted by Gasteiger charge is 2.24. The summed E-state index contributed by atoms with van der Waals surface area (Å²) in [4.78, 5) is 26.2. The standard InChI is InChI=1S/C20H23N3O5/c1-26-15-9-14(10-16(12-15)27-2)22-20(25)21-13-6-7-18(28-3)17(11-13)23-8-4-5-19(23)24/h6-7,9-12H,4-5,8H2,1-3H3,(H2,21,22,25). The molecule has 1 aliphatic rings. The van der Waals surface area contributed by atoms with Gasteiger partial charge in [-0.25, -0.2) is 4.79 Å². The minimum atomic E-state index is -0.431. The Morgan fingerprint density at radius 3 is 2.18 bits per heavy atom. The molecule has 0 atom stereocenters. The first-order valence-corrected chi connectivity index (χ1v) is 8.83. The number of hydrogen-bond donors (Lipinski definition) is 2. The zero-order valence-electron chi connectivity index (χ0n) is 16.1. The van der Waals surface area contributed by atoms with E-state index in [2.05, 4.69) is 10.6 Å². The summed E-state index contributed by atoms with van der Waals surface area (Å²) >= 11 is 0. The lowest BCUT2D eigenvalue weighted by molar-refractivity contribution is -0.117. The van der Waals surface area contributed by atoms with Crippen LogP contribution in [0, 0.1) is 0 Å². The van der Waals surface area contributed by atoms with Crippen molar-refractivity contribution < 1.29 is 23.8 Å². The highest BCUT2D eigenvalue weighted by atomic mass is 16.5. The van der Waals surface area contributed by atoms with Crippen LogP contribution in [0.1, 0.15) is 12.8 Å². The second-order valence-electron chi connectivity index (χ2n) is 6.22. The fourth-order valence-corrected chi connectivity index (χ4v) is 3.05. The summed E-state index contributed by atoms with van der Waals surface area (Å²) in [6.45, 7) is 0.633. The molecule has 0 aliphatic carbocycles. The quantitative estimate of drug-likeness (QED) is 0.795. The van der Waals surface area contributed by atoms with Crippen molar-refractivity contribution in [3.05, 3.63) is 36.4 Å². The normalized spacial score (nSPS) is 13.2. The van der Waals surface area contributed by atoms with E-state index in [0.29, 0.717) is 47.3 Å². The van der Waals surface area contributed by atoms with Gasteiger partial charge in [-0.15, -0.1) is 0 Å². The fraction of sp³-hybridized carbons (Fsp3) is 0.300. The number of carbonyl (C=O) groups is 2. The number of nitrogens with one attached hydrogen (secondary N) is 2. The smallest absolute Gasteiger partial charge is 0.323 e. The maximum absolute atomic E-state index is 12.4. The summed E-state index contributed by atoms with van der Waals surface area (Å²) < 4.78 is 15.8. The number of hydrogen-bond acceptors (Lipinski definition) is 5. The summed E-state index contributed by atoms with van der Waals surface area (Å²) in [6, 6.07) is 9.83. The lowest BCUT2D eigenvalue weighted by Crippen LogP contribution is -2.25. The molecule has 0 bridgehead atoms. The molecule has 148 valence electrons. The van der Waals surface area contributed by atoms with Gasteiger partial charge < -0.3 is 29.7 Å². The molecular weight excluding hydrogens is 362 g/mol. The summed E-state index contributed by atoms with van der Waals surface area (Å²) in [5.74, 6) is 1.75. The molecule has 1 aliphatic heterocycles. The van der Waals surface area contributed by atoms with Crippen LogP contribution in [0.25, 0.3) is 0 Å². The Kier molecular flexibility index (Phi) is 5.88. The van der Waals surface area contributed by atoms with Gasteiger partial charge in [0.2, 0.25) is 5.91 Å². The summed E-state index contributed by atoms with van der Waals surface area (Å²) in [6.07, 6.45) is 1.32. The lowest BCUT2D eigenvalue weighted by atomic mass is 10.2. The molecular formula is C20H23N3O5. The maximum atomic E-state index is 12.4. The Hall–Kier alpha value is -3.42. The molecule has 3 rings (SSSR count). The fourth-order valence-electron chi connectivity index (χ4n) is 3.05. The van der Waals surface area contributed by atoms with Crippen LogP contribution in [0.3, 0.4) is 0 Å². The van der Waals surface area contributed by atoms with E-state index >= 15 is 0 Å². The van der Waals surface area contributed by atoms with Crippen molar-refractivity contribution in [1.29, 1.82) is 0 Å². The zero-order valence-corrected chi connectivity index (χ0v) is 16.1. The Bertz CT molecular complexity index is 862. The molecule has 8 nitrogen and oxygen atoms in total. The predicted molar refractivity (Wildman–Crippen MR) is 107 cm³/mol. The second-order valence-corrected chi connectivity index (χ2v) is 6.22. The molecule has 0 saturated carbocycles. The number of ether oxygens (including phenoxy) is 3. The molecule has 1 saturated heterocycles. The molecule has 0 unspecified atom stereocenters. The summed E-state index contributed by atoms with van der Waals surface area (Å²) in [5.41, 5.74) is 1.71. The number of nitrogens with zero attached hydrogens (tertiary/aromatic N) is 1. The van der Waals surface area contributed by atoms with E-state index in [1.54, 1.807) is 48.4 Å². The third-order valence-corrected chi connectivity index (χ3v) is 4.41. The van der Waals surface area contributed by atoms with E-state index in [1.165, 1.54) is 14.2 Å². The Morgan fingerprint density at radius 1 is 0.929 bits per heavy atom. The molecule has 0 aromatic heterocycles. The van der Waals surface area contributed by atoms with Gasteiger partial charge in [-0.2, -0.15) is 0 Å². The van der Waals surface area contributed by atoms with Gasteiger partial charge in [0, 0.05) is 42.5 Å². The molecule has 2 N–H and O–H groups in total.